The lowest BCUT2D eigenvalue weighted by Crippen LogP contribution is -2.52. The van der Waals surface area contributed by atoms with E-state index >= 15 is 0 Å². The molecule has 0 spiro atoms. The number of amides is 2. The summed E-state index contributed by atoms with van der Waals surface area (Å²) in [5, 5.41) is 3.07. The van der Waals surface area contributed by atoms with E-state index in [2.05, 4.69) is 5.32 Å². The van der Waals surface area contributed by atoms with Gasteiger partial charge in [-0.25, -0.2) is 0 Å². The van der Waals surface area contributed by atoms with Crippen molar-refractivity contribution in [2.75, 3.05) is 19.7 Å². The van der Waals surface area contributed by atoms with E-state index in [0.717, 1.165) is 6.42 Å². The van der Waals surface area contributed by atoms with E-state index in [-0.39, 0.29) is 29.4 Å². The monoisotopic (exact) mass is 254 g/mol. The van der Waals surface area contributed by atoms with Gasteiger partial charge in [0.2, 0.25) is 11.8 Å². The van der Waals surface area contributed by atoms with Gasteiger partial charge in [-0.3, -0.25) is 9.59 Å². The summed E-state index contributed by atoms with van der Waals surface area (Å²) < 4.78 is 5.50. The molecule has 2 aliphatic heterocycles. The maximum absolute atomic E-state index is 12.2. The summed E-state index contributed by atoms with van der Waals surface area (Å²) in [5.74, 6) is -0.139. The van der Waals surface area contributed by atoms with Crippen LogP contribution in [0.3, 0.4) is 0 Å². The molecule has 2 heterocycles. The minimum Gasteiger partial charge on any atom is -0.376 e. The van der Waals surface area contributed by atoms with Crippen LogP contribution in [0.2, 0.25) is 0 Å². The summed E-state index contributed by atoms with van der Waals surface area (Å²) in [5.41, 5.74) is -0.292. The van der Waals surface area contributed by atoms with E-state index in [1.165, 1.54) is 0 Å². The maximum atomic E-state index is 12.2. The number of likely N-dealkylation sites (tertiary alicyclic amines) is 1. The van der Waals surface area contributed by atoms with Crippen molar-refractivity contribution in [3.8, 4) is 0 Å². The minimum atomic E-state index is -0.292. The first kappa shape index (κ1) is 13.3. The number of rotatable bonds is 3. The summed E-state index contributed by atoms with van der Waals surface area (Å²) in [7, 11) is 0. The molecule has 5 nitrogen and oxygen atoms in total. The number of carbonyl (C=O) groups is 2. The number of carbonyl (C=O) groups excluding carboxylic acids is 2. The lowest BCUT2D eigenvalue weighted by molar-refractivity contribution is -0.129. The van der Waals surface area contributed by atoms with E-state index in [9.17, 15) is 9.59 Å². The van der Waals surface area contributed by atoms with E-state index in [0.29, 0.717) is 26.1 Å². The molecule has 0 aromatic rings. The fraction of sp³-hybridized carbons (Fsp3) is 0.846. The average molecular weight is 254 g/mol. The van der Waals surface area contributed by atoms with Gasteiger partial charge in [0.1, 0.15) is 0 Å². The molecule has 0 bridgehead atoms. The van der Waals surface area contributed by atoms with Gasteiger partial charge in [0.15, 0.2) is 0 Å². The Labute approximate surface area is 108 Å². The standard InChI is InChI=1S/C13H22N2O3/c1-4-15-8-10(7-11(15)16)12(17)14-13(3)5-6-18-9(13)2/h9-10H,4-8H2,1-3H3,(H,14,17). The Bertz CT molecular complexity index is 358. The van der Waals surface area contributed by atoms with E-state index in [1.54, 1.807) is 4.90 Å². The Balaban J connectivity index is 1.95. The molecule has 2 amide bonds. The quantitative estimate of drug-likeness (QED) is 0.799. The third-order valence-corrected chi connectivity index (χ3v) is 4.26. The lowest BCUT2D eigenvalue weighted by atomic mass is 9.93. The van der Waals surface area contributed by atoms with E-state index < -0.39 is 0 Å². The number of hydrogen-bond donors (Lipinski definition) is 1. The highest BCUT2D eigenvalue weighted by molar-refractivity contribution is 5.89. The molecule has 0 saturated carbocycles. The fourth-order valence-corrected chi connectivity index (χ4v) is 2.64. The van der Waals surface area contributed by atoms with Crippen molar-refractivity contribution in [3.63, 3.8) is 0 Å². The van der Waals surface area contributed by atoms with Crippen molar-refractivity contribution in [3.05, 3.63) is 0 Å². The Hall–Kier alpha value is -1.10. The fourth-order valence-electron chi connectivity index (χ4n) is 2.64. The predicted octanol–water partition coefficient (Wildman–Crippen LogP) is 0.538. The molecule has 3 unspecified atom stereocenters. The first-order valence-electron chi connectivity index (χ1n) is 6.67. The zero-order chi connectivity index (χ0) is 13.3. The Morgan fingerprint density at radius 3 is 2.83 bits per heavy atom. The summed E-state index contributed by atoms with van der Waals surface area (Å²) in [6.07, 6.45) is 1.20. The van der Waals surface area contributed by atoms with Crippen LogP contribution in [0.5, 0.6) is 0 Å². The molecule has 1 N–H and O–H groups in total. The van der Waals surface area contributed by atoms with Gasteiger partial charge in [-0.05, 0) is 27.2 Å². The third kappa shape index (κ3) is 2.36. The van der Waals surface area contributed by atoms with Crippen molar-refractivity contribution in [1.82, 2.24) is 10.2 Å². The summed E-state index contributed by atoms with van der Waals surface area (Å²) in [6, 6.07) is 0. The van der Waals surface area contributed by atoms with Crippen molar-refractivity contribution in [2.24, 2.45) is 5.92 Å². The Morgan fingerprint density at radius 1 is 1.61 bits per heavy atom. The van der Waals surface area contributed by atoms with Gasteiger partial charge in [0.05, 0.1) is 17.6 Å². The molecule has 2 rings (SSSR count). The van der Waals surface area contributed by atoms with Gasteiger partial charge in [-0.15, -0.1) is 0 Å². The average Bonchev–Trinajstić information content (AvgIpc) is 2.84. The van der Waals surface area contributed by atoms with Crippen LogP contribution < -0.4 is 5.32 Å². The molecule has 0 radical (unpaired) electrons. The molecule has 2 fully saturated rings. The van der Waals surface area contributed by atoms with Crippen LogP contribution in [0.25, 0.3) is 0 Å². The van der Waals surface area contributed by atoms with Crippen LogP contribution in [0.1, 0.15) is 33.6 Å². The summed E-state index contributed by atoms with van der Waals surface area (Å²) >= 11 is 0. The van der Waals surface area contributed by atoms with Crippen molar-refractivity contribution >= 4 is 11.8 Å². The highest BCUT2D eigenvalue weighted by Crippen LogP contribution is 2.26. The topological polar surface area (TPSA) is 58.6 Å². The molecule has 5 heteroatoms. The second-order valence-electron chi connectivity index (χ2n) is 5.50. The van der Waals surface area contributed by atoms with E-state index in [1.807, 2.05) is 20.8 Å². The second-order valence-corrected chi connectivity index (χ2v) is 5.50. The normalized spacial score (nSPS) is 36.2. The highest BCUT2D eigenvalue weighted by atomic mass is 16.5. The Morgan fingerprint density at radius 2 is 2.33 bits per heavy atom. The molecular formula is C13H22N2O3. The zero-order valence-electron chi connectivity index (χ0n) is 11.4. The molecular weight excluding hydrogens is 232 g/mol. The molecule has 2 saturated heterocycles. The van der Waals surface area contributed by atoms with Gasteiger partial charge >= 0.3 is 0 Å². The van der Waals surface area contributed by atoms with Gasteiger partial charge in [-0.1, -0.05) is 0 Å². The molecule has 0 aromatic heterocycles. The molecule has 18 heavy (non-hydrogen) atoms. The van der Waals surface area contributed by atoms with Gasteiger partial charge in [0.25, 0.3) is 0 Å². The Kier molecular flexibility index (Phi) is 3.61. The molecule has 2 aliphatic rings. The van der Waals surface area contributed by atoms with Crippen LogP contribution in [0.15, 0.2) is 0 Å². The first-order chi connectivity index (χ1) is 8.46. The van der Waals surface area contributed by atoms with Gasteiger partial charge in [-0.2, -0.15) is 0 Å². The van der Waals surface area contributed by atoms with Crippen LogP contribution in [0, 0.1) is 5.92 Å². The molecule has 0 aliphatic carbocycles. The maximum Gasteiger partial charge on any atom is 0.225 e. The third-order valence-electron chi connectivity index (χ3n) is 4.26. The first-order valence-corrected chi connectivity index (χ1v) is 6.67. The van der Waals surface area contributed by atoms with Crippen LogP contribution in [-0.2, 0) is 14.3 Å². The van der Waals surface area contributed by atoms with E-state index in [4.69, 9.17) is 4.74 Å². The minimum absolute atomic E-state index is 0.0147. The second kappa shape index (κ2) is 4.88. The highest BCUT2D eigenvalue weighted by Gasteiger charge is 2.41. The van der Waals surface area contributed by atoms with Crippen LogP contribution >= 0.6 is 0 Å². The summed E-state index contributed by atoms with van der Waals surface area (Å²) in [4.78, 5) is 25.6. The molecule has 102 valence electrons. The lowest BCUT2D eigenvalue weighted by Gasteiger charge is -2.30. The van der Waals surface area contributed by atoms with Crippen LogP contribution in [0.4, 0.5) is 0 Å². The molecule has 0 aromatic carbocycles. The predicted molar refractivity (Wildman–Crippen MR) is 66.9 cm³/mol. The summed E-state index contributed by atoms with van der Waals surface area (Å²) in [6.45, 7) is 7.84. The van der Waals surface area contributed by atoms with Crippen molar-refractivity contribution < 1.29 is 14.3 Å². The zero-order valence-corrected chi connectivity index (χ0v) is 11.4. The van der Waals surface area contributed by atoms with Gasteiger partial charge < -0.3 is 15.0 Å². The number of ether oxygens (including phenoxy) is 1. The van der Waals surface area contributed by atoms with Crippen LogP contribution in [-0.4, -0.2) is 48.1 Å². The van der Waals surface area contributed by atoms with Gasteiger partial charge in [0, 0.05) is 26.1 Å². The largest absolute Gasteiger partial charge is 0.376 e. The number of hydrogen-bond acceptors (Lipinski definition) is 3. The number of nitrogens with one attached hydrogen (secondary N) is 1. The number of nitrogens with zero attached hydrogens (tertiary/aromatic N) is 1. The smallest absolute Gasteiger partial charge is 0.225 e. The van der Waals surface area contributed by atoms with Crippen molar-refractivity contribution in [2.45, 2.75) is 45.3 Å². The SMILES string of the molecule is CCN1CC(C(=O)NC2(C)CCOC2C)CC1=O. The molecule has 3 atom stereocenters. The van der Waals surface area contributed by atoms with Crippen molar-refractivity contribution in [1.29, 1.82) is 0 Å².